The molecule has 0 N–H and O–H groups in total. The predicted molar refractivity (Wildman–Crippen MR) is 55.2 cm³/mol. The van der Waals surface area contributed by atoms with Gasteiger partial charge in [-0.25, -0.2) is 0 Å². The number of unbranched alkanes of at least 4 members (excludes halogenated alkanes) is 1. The van der Waals surface area contributed by atoms with Gasteiger partial charge in [0.15, 0.2) is 0 Å². The van der Waals surface area contributed by atoms with Crippen molar-refractivity contribution in [3.8, 4) is 0 Å². The Morgan fingerprint density at radius 2 is 2.17 bits per heavy atom. The highest BCUT2D eigenvalue weighted by atomic mass is 14.2. The molecule has 1 unspecified atom stereocenters. The van der Waals surface area contributed by atoms with Crippen molar-refractivity contribution in [3.05, 3.63) is 11.6 Å². The van der Waals surface area contributed by atoms with Crippen LogP contribution in [0.25, 0.3) is 0 Å². The number of rotatable bonds is 2. The molecule has 0 aromatic heterocycles. The Morgan fingerprint density at radius 1 is 1.33 bits per heavy atom. The van der Waals surface area contributed by atoms with Crippen LogP contribution in [-0.4, -0.2) is 0 Å². The number of hydrogen-bond acceptors (Lipinski definition) is 0. The van der Waals surface area contributed by atoms with E-state index in [1.165, 1.54) is 44.9 Å². The lowest BCUT2D eigenvalue weighted by atomic mass is 9.95. The second kappa shape index (κ2) is 5.40. The van der Waals surface area contributed by atoms with Gasteiger partial charge in [0.1, 0.15) is 0 Å². The normalized spacial score (nSPS) is 28.8. The van der Waals surface area contributed by atoms with Gasteiger partial charge in [0.05, 0.1) is 0 Å². The summed E-state index contributed by atoms with van der Waals surface area (Å²) in [6, 6.07) is 0. The second-order valence-electron chi connectivity index (χ2n) is 4.07. The molecule has 1 fully saturated rings. The van der Waals surface area contributed by atoms with Gasteiger partial charge in [-0.1, -0.05) is 44.8 Å². The summed E-state index contributed by atoms with van der Waals surface area (Å²) in [5, 5.41) is 0. The van der Waals surface area contributed by atoms with Crippen LogP contribution in [-0.2, 0) is 0 Å². The Bertz CT molecular complexity index is 144. The molecule has 1 atom stereocenters. The molecule has 0 bridgehead atoms. The minimum Gasteiger partial charge on any atom is -0.0851 e. The lowest BCUT2D eigenvalue weighted by Crippen LogP contribution is -1.96. The van der Waals surface area contributed by atoms with Crippen molar-refractivity contribution in [2.75, 3.05) is 0 Å². The lowest BCUT2D eigenvalue weighted by molar-refractivity contribution is 0.593. The first-order valence-corrected chi connectivity index (χ1v) is 5.53. The molecule has 0 aromatic carbocycles. The third-order valence-electron chi connectivity index (χ3n) is 2.93. The Kier molecular flexibility index (Phi) is 4.42. The molecule has 0 aromatic rings. The molecule has 0 heterocycles. The fraction of sp³-hybridized carbons (Fsp3) is 0.833. The van der Waals surface area contributed by atoms with Crippen LogP contribution < -0.4 is 0 Å². The maximum atomic E-state index is 2.50. The average molecular weight is 166 g/mol. The summed E-state index contributed by atoms with van der Waals surface area (Å²) in [7, 11) is 0. The smallest absolute Gasteiger partial charge is 0.0232 e. The zero-order valence-electron chi connectivity index (χ0n) is 8.60. The molecule has 1 saturated carbocycles. The molecule has 1 aliphatic carbocycles. The van der Waals surface area contributed by atoms with E-state index >= 15 is 0 Å². The molecular formula is C12H22. The molecule has 0 heteroatoms. The van der Waals surface area contributed by atoms with Crippen LogP contribution in [0.4, 0.5) is 0 Å². The van der Waals surface area contributed by atoms with E-state index in [1.807, 2.05) is 0 Å². The Labute approximate surface area is 77.1 Å². The van der Waals surface area contributed by atoms with E-state index in [0.717, 1.165) is 5.92 Å². The van der Waals surface area contributed by atoms with Crippen molar-refractivity contribution in [2.24, 2.45) is 5.92 Å². The van der Waals surface area contributed by atoms with E-state index in [4.69, 9.17) is 0 Å². The van der Waals surface area contributed by atoms with Crippen molar-refractivity contribution in [3.63, 3.8) is 0 Å². The highest BCUT2D eigenvalue weighted by Crippen LogP contribution is 2.27. The third kappa shape index (κ3) is 3.00. The van der Waals surface area contributed by atoms with Crippen LogP contribution in [0.1, 0.15) is 58.8 Å². The summed E-state index contributed by atoms with van der Waals surface area (Å²) >= 11 is 0. The van der Waals surface area contributed by atoms with Crippen LogP contribution in [0.5, 0.6) is 0 Å². The van der Waals surface area contributed by atoms with Crippen LogP contribution >= 0.6 is 0 Å². The molecule has 1 aliphatic rings. The maximum absolute atomic E-state index is 2.50. The summed E-state index contributed by atoms with van der Waals surface area (Å²) in [5.74, 6) is 0.874. The van der Waals surface area contributed by atoms with Crippen molar-refractivity contribution < 1.29 is 0 Å². The van der Waals surface area contributed by atoms with Gasteiger partial charge in [0.25, 0.3) is 0 Å². The van der Waals surface area contributed by atoms with E-state index in [1.54, 1.807) is 5.57 Å². The topological polar surface area (TPSA) is 0 Å². The van der Waals surface area contributed by atoms with Crippen molar-refractivity contribution in [2.45, 2.75) is 58.8 Å². The minimum absolute atomic E-state index is 0.874. The van der Waals surface area contributed by atoms with Crippen LogP contribution in [0.15, 0.2) is 11.6 Å². The van der Waals surface area contributed by atoms with Crippen LogP contribution in [0, 0.1) is 5.92 Å². The molecule has 0 saturated heterocycles. The fourth-order valence-corrected chi connectivity index (χ4v) is 2.02. The first kappa shape index (κ1) is 9.83. The second-order valence-corrected chi connectivity index (χ2v) is 4.07. The predicted octanol–water partition coefficient (Wildman–Crippen LogP) is 4.31. The van der Waals surface area contributed by atoms with Gasteiger partial charge >= 0.3 is 0 Å². The molecule has 0 amide bonds. The molecule has 1 rings (SSSR count). The highest BCUT2D eigenvalue weighted by molar-refractivity contribution is 5.06. The average Bonchev–Trinajstić information content (AvgIpc) is 2.27. The van der Waals surface area contributed by atoms with E-state index in [-0.39, 0.29) is 0 Å². The summed E-state index contributed by atoms with van der Waals surface area (Å²) in [4.78, 5) is 0. The van der Waals surface area contributed by atoms with Crippen LogP contribution in [0.3, 0.4) is 0 Å². The SMILES string of the molecule is CCCC=C1CCCCCC1C. The van der Waals surface area contributed by atoms with Gasteiger partial charge in [-0.3, -0.25) is 0 Å². The van der Waals surface area contributed by atoms with E-state index in [9.17, 15) is 0 Å². The first-order chi connectivity index (χ1) is 5.84. The largest absolute Gasteiger partial charge is 0.0851 e. The summed E-state index contributed by atoms with van der Waals surface area (Å²) in [6.07, 6.45) is 12.2. The standard InChI is InChI=1S/C12H22/c1-3-4-9-12-10-7-5-6-8-11(12)2/h9,11H,3-8,10H2,1-2H3. The molecular weight excluding hydrogens is 144 g/mol. The van der Waals surface area contributed by atoms with Crippen molar-refractivity contribution in [1.82, 2.24) is 0 Å². The Hall–Kier alpha value is -0.260. The van der Waals surface area contributed by atoms with Crippen molar-refractivity contribution in [1.29, 1.82) is 0 Å². The lowest BCUT2D eigenvalue weighted by Gasteiger charge is -2.11. The summed E-state index contributed by atoms with van der Waals surface area (Å²) in [5.41, 5.74) is 1.74. The van der Waals surface area contributed by atoms with Gasteiger partial charge in [-0.2, -0.15) is 0 Å². The fourth-order valence-electron chi connectivity index (χ4n) is 2.02. The molecule has 70 valence electrons. The quantitative estimate of drug-likeness (QED) is 0.423. The van der Waals surface area contributed by atoms with Gasteiger partial charge in [0.2, 0.25) is 0 Å². The van der Waals surface area contributed by atoms with Gasteiger partial charge in [-0.05, 0) is 31.6 Å². The first-order valence-electron chi connectivity index (χ1n) is 5.53. The maximum Gasteiger partial charge on any atom is -0.0232 e. The van der Waals surface area contributed by atoms with Gasteiger partial charge < -0.3 is 0 Å². The number of allylic oxidation sites excluding steroid dienone is 2. The zero-order valence-corrected chi connectivity index (χ0v) is 8.60. The number of hydrogen-bond donors (Lipinski definition) is 0. The molecule has 12 heavy (non-hydrogen) atoms. The van der Waals surface area contributed by atoms with Crippen molar-refractivity contribution >= 4 is 0 Å². The van der Waals surface area contributed by atoms with Crippen LogP contribution in [0.2, 0.25) is 0 Å². The Balaban J connectivity index is 2.46. The zero-order chi connectivity index (χ0) is 8.81. The molecule has 0 aliphatic heterocycles. The third-order valence-corrected chi connectivity index (χ3v) is 2.93. The summed E-state index contributed by atoms with van der Waals surface area (Å²) < 4.78 is 0. The Morgan fingerprint density at radius 3 is 2.92 bits per heavy atom. The molecule has 0 nitrogen and oxygen atoms in total. The van der Waals surface area contributed by atoms with E-state index in [2.05, 4.69) is 19.9 Å². The molecule has 0 spiro atoms. The monoisotopic (exact) mass is 166 g/mol. The highest BCUT2D eigenvalue weighted by Gasteiger charge is 2.11. The van der Waals surface area contributed by atoms with Gasteiger partial charge in [0, 0.05) is 0 Å². The van der Waals surface area contributed by atoms with E-state index < -0.39 is 0 Å². The van der Waals surface area contributed by atoms with E-state index in [0.29, 0.717) is 0 Å². The summed E-state index contributed by atoms with van der Waals surface area (Å²) in [6.45, 7) is 4.66. The molecule has 0 radical (unpaired) electrons. The van der Waals surface area contributed by atoms with Gasteiger partial charge in [-0.15, -0.1) is 0 Å². The minimum atomic E-state index is 0.874.